The molecule has 0 saturated carbocycles. The lowest BCUT2D eigenvalue weighted by Crippen LogP contribution is -2.30. The minimum Gasteiger partial charge on any atom is -0.478 e. The number of esters is 2. The molecule has 0 aliphatic rings. The minimum atomic E-state index is -1.62. The molecule has 8 aromatic rings. The highest BCUT2D eigenvalue weighted by molar-refractivity contribution is 9.10. The Kier molecular flexibility index (Phi) is 22.1. The fourth-order valence-corrected chi connectivity index (χ4v) is 6.11. The van der Waals surface area contributed by atoms with E-state index in [1.54, 1.807) is 66.9 Å². The molecule has 24 nitrogen and oxygen atoms in total. The quantitative estimate of drug-likeness (QED) is 0.0272. The van der Waals surface area contributed by atoms with Crippen molar-refractivity contribution in [3.8, 4) is 33.8 Å². The van der Waals surface area contributed by atoms with E-state index >= 15 is 0 Å². The van der Waals surface area contributed by atoms with Gasteiger partial charge in [0.2, 0.25) is 0 Å². The number of rotatable bonds is 11. The summed E-state index contributed by atoms with van der Waals surface area (Å²) in [6.45, 7) is 0. The highest BCUT2D eigenvalue weighted by atomic mass is 79.9. The molecule has 8 rings (SSSR count). The maximum absolute atomic E-state index is 11.4. The topological polar surface area (TPSA) is 375 Å². The second-order valence-corrected chi connectivity index (χ2v) is 15.5. The normalized spacial score (nSPS) is 9.80. The van der Waals surface area contributed by atoms with Gasteiger partial charge >= 0.3 is 31.0 Å². The van der Waals surface area contributed by atoms with Gasteiger partial charge in [-0.3, -0.25) is 35.3 Å². The number of carbonyl (C=O) groups is 4. The van der Waals surface area contributed by atoms with Gasteiger partial charge in [-0.2, -0.15) is 0 Å². The zero-order valence-corrected chi connectivity index (χ0v) is 41.1. The molecule has 386 valence electrons. The van der Waals surface area contributed by atoms with E-state index in [0.29, 0.717) is 43.9 Å². The number of aromatic nitrogens is 4. The van der Waals surface area contributed by atoms with Crippen LogP contribution in [0.25, 0.3) is 33.8 Å². The molecule has 0 bridgehead atoms. The van der Waals surface area contributed by atoms with Crippen LogP contribution in [0.1, 0.15) is 41.4 Å². The van der Waals surface area contributed by atoms with Gasteiger partial charge in [-0.25, -0.2) is 34.1 Å². The smallest absolute Gasteiger partial charge is 0.478 e. The Bertz CT molecular complexity index is 3320. The highest BCUT2D eigenvalue weighted by Crippen LogP contribution is 2.23. The van der Waals surface area contributed by atoms with Gasteiger partial charge in [0.25, 0.3) is 17.1 Å². The number of benzene rings is 4. The van der Waals surface area contributed by atoms with E-state index in [2.05, 4.69) is 45.3 Å². The SMILES string of the molecule is COC(=O)c1cccc(-c2ccc(N)cn2)c1.COC(=O)c1cccc(-c2ccc([N+](=O)[O-])cn2)c1.O=C(O)c1cccc(-c2ccc([N+](=O)[O-])cn2)c1.O=C(O)c1cccc(B(O)O)c1.O=[N+]([O-])c1ccc(Br)nc1. The van der Waals surface area contributed by atoms with Crippen LogP contribution in [-0.2, 0) is 9.47 Å². The highest BCUT2D eigenvalue weighted by Gasteiger charge is 2.14. The largest absolute Gasteiger partial charge is 0.488 e. The van der Waals surface area contributed by atoms with Crippen molar-refractivity contribution in [2.75, 3.05) is 20.0 Å². The molecule has 26 heteroatoms. The lowest BCUT2D eigenvalue weighted by atomic mass is 9.80. The summed E-state index contributed by atoms with van der Waals surface area (Å²) in [6.07, 6.45) is 5.10. The van der Waals surface area contributed by atoms with Crippen LogP contribution in [-0.4, -0.2) is 100 Å². The average Bonchev–Trinajstić information content (AvgIpc) is 3.43. The van der Waals surface area contributed by atoms with Crippen LogP contribution in [0.2, 0.25) is 0 Å². The number of hydrogen-bond donors (Lipinski definition) is 5. The average molecular weight is 1100 g/mol. The van der Waals surface area contributed by atoms with E-state index in [4.69, 9.17) is 26.0 Å². The molecule has 4 aromatic carbocycles. The van der Waals surface area contributed by atoms with Crippen LogP contribution in [0.3, 0.4) is 0 Å². The van der Waals surface area contributed by atoms with Crippen molar-refractivity contribution in [1.82, 2.24) is 19.9 Å². The van der Waals surface area contributed by atoms with Crippen LogP contribution in [0, 0.1) is 30.3 Å². The van der Waals surface area contributed by atoms with Crippen molar-refractivity contribution in [3.63, 3.8) is 0 Å². The van der Waals surface area contributed by atoms with Gasteiger partial charge in [-0.15, -0.1) is 0 Å². The maximum Gasteiger partial charge on any atom is 0.488 e. The lowest BCUT2D eigenvalue weighted by molar-refractivity contribution is -0.385. The van der Waals surface area contributed by atoms with E-state index < -0.39 is 39.8 Å². The zero-order valence-electron chi connectivity index (χ0n) is 39.5. The number of ether oxygens (including phenoxy) is 2. The van der Waals surface area contributed by atoms with Crippen molar-refractivity contribution < 1.29 is 63.7 Å². The molecule has 0 radical (unpaired) electrons. The number of hydrogen-bond acceptors (Lipinski definition) is 19. The molecule has 0 saturated heterocycles. The molecule has 0 aliphatic carbocycles. The van der Waals surface area contributed by atoms with E-state index in [1.807, 2.05) is 12.1 Å². The molecule has 6 N–H and O–H groups in total. The van der Waals surface area contributed by atoms with E-state index in [9.17, 15) is 49.5 Å². The molecule has 0 fully saturated rings. The second-order valence-electron chi connectivity index (χ2n) is 14.7. The number of pyridine rings is 4. The summed E-state index contributed by atoms with van der Waals surface area (Å²) in [5.41, 5.74) is 11.2. The molecule has 0 spiro atoms. The summed E-state index contributed by atoms with van der Waals surface area (Å²) < 4.78 is 9.89. The molecule has 0 atom stereocenters. The Balaban J connectivity index is 0.000000209. The van der Waals surface area contributed by atoms with Crippen molar-refractivity contribution in [3.05, 3.63) is 228 Å². The number of nitrogens with two attached hydrogens (primary N) is 1. The van der Waals surface area contributed by atoms with E-state index in [0.717, 1.165) is 17.5 Å². The van der Waals surface area contributed by atoms with Crippen LogP contribution < -0.4 is 11.2 Å². The van der Waals surface area contributed by atoms with Gasteiger partial charge in [0.05, 0.1) is 80.2 Å². The Hall–Kier alpha value is -10.2. The minimum absolute atomic E-state index is 0.00296. The first-order valence-corrected chi connectivity index (χ1v) is 22.1. The van der Waals surface area contributed by atoms with Gasteiger partial charge in [-0.05, 0) is 100 Å². The number of nitrogens with zero attached hydrogens (tertiary/aromatic N) is 7. The molecule has 0 unspecified atom stereocenters. The number of nitro groups is 3. The van der Waals surface area contributed by atoms with E-state index in [-0.39, 0.29) is 39.6 Å². The van der Waals surface area contributed by atoms with Crippen LogP contribution in [0.5, 0.6) is 0 Å². The number of nitrogen functional groups attached to an aromatic ring is 1. The van der Waals surface area contributed by atoms with Crippen molar-refractivity contribution in [2.45, 2.75) is 0 Å². The number of carboxylic acids is 2. The first-order valence-electron chi connectivity index (χ1n) is 21.3. The van der Waals surface area contributed by atoms with Gasteiger partial charge in [0.15, 0.2) is 0 Å². The molecule has 0 amide bonds. The Morgan fingerprint density at radius 2 is 0.855 bits per heavy atom. The fourth-order valence-electron chi connectivity index (χ4n) is 5.87. The number of anilines is 1. The summed E-state index contributed by atoms with van der Waals surface area (Å²) in [5, 5.41) is 65.9. The summed E-state index contributed by atoms with van der Waals surface area (Å²) in [4.78, 5) is 89.4. The Labute approximate surface area is 438 Å². The zero-order chi connectivity index (χ0) is 55.9. The fraction of sp³-hybridized carbons (Fsp3) is 0.0400. The maximum atomic E-state index is 11.4. The standard InChI is InChI=1S/C13H10N2O4.C13H12N2O2.C12H8N2O4.C7H7BO4.C5H3BrN2O2/c1-19-13(16)10-4-2-3-9(7-10)12-6-5-11(8-14-12)15(17)18;1-17-13(16)10-4-2-3-9(7-10)12-6-5-11(14)8-15-12;15-12(16)9-3-1-2-8(6-9)11-5-4-10(7-13-11)14(17)18;9-7(10)5-2-1-3-6(4-5)8(11)12;6-5-2-1-4(3-7-5)8(9)10/h2-8H,1H3;2-8H,14H2,1H3;1-7H,(H,15,16);1-4,11-12H,(H,9,10);1-3H. The Morgan fingerprint density at radius 3 is 1.18 bits per heavy atom. The molecular weight excluding hydrogens is 1060 g/mol. The van der Waals surface area contributed by atoms with Crippen LogP contribution in [0.15, 0.2) is 175 Å². The first-order chi connectivity index (χ1) is 36.2. The number of carboxylic acid groups (broad SMARTS) is 2. The summed E-state index contributed by atoms with van der Waals surface area (Å²) in [7, 11) is 1.04. The molecule has 4 heterocycles. The van der Waals surface area contributed by atoms with Gasteiger partial charge in [0, 0.05) is 34.9 Å². The first kappa shape index (κ1) is 58.4. The third-order valence-electron chi connectivity index (χ3n) is 9.62. The third kappa shape index (κ3) is 18.1. The molecule has 4 aromatic heterocycles. The van der Waals surface area contributed by atoms with Gasteiger partial charge < -0.3 is 35.5 Å². The number of carbonyl (C=O) groups excluding carboxylic acids is 2. The summed E-state index contributed by atoms with van der Waals surface area (Å²) >= 11 is 3.06. The Morgan fingerprint density at radius 1 is 0.500 bits per heavy atom. The molecular formula is C50H40BBrN8O16. The van der Waals surface area contributed by atoms with Gasteiger partial charge in [-0.1, -0.05) is 48.5 Å². The predicted octanol–water partition coefficient (Wildman–Crippen LogP) is 7.73. The summed E-state index contributed by atoms with van der Waals surface area (Å²) in [6, 6.07) is 37.8. The summed E-state index contributed by atoms with van der Waals surface area (Å²) in [5.74, 6) is -2.91. The van der Waals surface area contributed by atoms with Crippen LogP contribution in [0.4, 0.5) is 22.7 Å². The van der Waals surface area contributed by atoms with Gasteiger partial charge in [0.1, 0.15) is 23.2 Å². The van der Waals surface area contributed by atoms with Crippen LogP contribution >= 0.6 is 15.9 Å². The van der Waals surface area contributed by atoms with Crippen molar-refractivity contribution >= 4 is 75.1 Å². The number of halogens is 1. The predicted molar refractivity (Wildman–Crippen MR) is 278 cm³/mol. The lowest BCUT2D eigenvalue weighted by Gasteiger charge is -2.03. The van der Waals surface area contributed by atoms with Crippen molar-refractivity contribution in [1.29, 1.82) is 0 Å². The van der Waals surface area contributed by atoms with E-state index in [1.165, 1.54) is 99.4 Å². The van der Waals surface area contributed by atoms with Crippen molar-refractivity contribution in [2.24, 2.45) is 0 Å². The molecule has 76 heavy (non-hydrogen) atoms. The molecule has 0 aliphatic heterocycles. The number of methoxy groups -OCH3 is 2. The number of aromatic carboxylic acids is 2. The second kappa shape index (κ2) is 28.8. The monoisotopic (exact) mass is 1100 g/mol. The third-order valence-corrected chi connectivity index (χ3v) is 10.1.